The van der Waals surface area contributed by atoms with Gasteiger partial charge in [0.1, 0.15) is 12.1 Å². The molecular weight excluding hydrogens is 355 g/mol. The smallest absolute Gasteiger partial charge is 0.176 e. The van der Waals surface area contributed by atoms with Crippen LogP contribution in [0, 0.1) is 0 Å². The lowest BCUT2D eigenvalue weighted by molar-refractivity contribution is 0.110. The molecule has 0 amide bonds. The van der Waals surface area contributed by atoms with Crippen molar-refractivity contribution in [1.82, 2.24) is 9.71 Å². The highest BCUT2D eigenvalue weighted by molar-refractivity contribution is 6.30. The number of nitrogens with zero attached hydrogens (tertiary/aromatic N) is 2. The Labute approximate surface area is 155 Å². The van der Waals surface area contributed by atoms with Crippen LogP contribution in [0.15, 0.2) is 72.8 Å². The Morgan fingerprint density at radius 2 is 1.64 bits per heavy atom. The minimum atomic E-state index is 0.390. The van der Waals surface area contributed by atoms with Crippen molar-refractivity contribution in [3.8, 4) is 11.4 Å². The number of fused-ring (bicyclic) bond motifs is 1. The zero-order valence-corrected chi connectivity index (χ0v) is 14.7. The zero-order chi connectivity index (χ0) is 17.2. The Morgan fingerprint density at radius 1 is 0.840 bits per heavy atom. The lowest BCUT2D eigenvalue weighted by Crippen LogP contribution is -2.12. The number of imidazole rings is 1. The van der Waals surface area contributed by atoms with Gasteiger partial charge in [-0.3, -0.25) is 0 Å². The van der Waals surface area contributed by atoms with Gasteiger partial charge >= 0.3 is 0 Å². The van der Waals surface area contributed by atoms with Crippen molar-refractivity contribution in [2.45, 2.75) is 6.61 Å². The molecule has 4 rings (SSSR count). The van der Waals surface area contributed by atoms with E-state index in [-0.39, 0.29) is 0 Å². The summed E-state index contributed by atoms with van der Waals surface area (Å²) in [4.78, 5) is 10.8. The summed E-state index contributed by atoms with van der Waals surface area (Å²) in [6, 6.07) is 23.1. The third-order valence-corrected chi connectivity index (χ3v) is 4.36. The summed E-state index contributed by atoms with van der Waals surface area (Å²) in [6.45, 7) is 0.390. The van der Waals surface area contributed by atoms with Gasteiger partial charge in [0.25, 0.3) is 0 Å². The number of halogens is 2. The Bertz CT molecular complexity index is 1030. The van der Waals surface area contributed by atoms with Crippen LogP contribution in [0.25, 0.3) is 22.4 Å². The van der Waals surface area contributed by atoms with Crippen molar-refractivity contribution in [3.63, 3.8) is 0 Å². The largest absolute Gasteiger partial charge is 0.407 e. The van der Waals surface area contributed by atoms with Gasteiger partial charge in [-0.2, -0.15) is 4.73 Å². The summed E-state index contributed by atoms with van der Waals surface area (Å²) >= 11 is 12.1. The first-order valence-corrected chi connectivity index (χ1v) is 8.57. The molecular formula is C20H14Cl2N2O. The first-order valence-electron chi connectivity index (χ1n) is 7.82. The third kappa shape index (κ3) is 3.34. The molecule has 3 aromatic carbocycles. The van der Waals surface area contributed by atoms with Crippen LogP contribution >= 0.6 is 23.2 Å². The van der Waals surface area contributed by atoms with E-state index in [1.807, 2.05) is 72.8 Å². The van der Waals surface area contributed by atoms with E-state index in [1.165, 1.54) is 0 Å². The summed E-state index contributed by atoms with van der Waals surface area (Å²) in [7, 11) is 0. The van der Waals surface area contributed by atoms with Crippen molar-refractivity contribution >= 4 is 34.2 Å². The molecule has 0 bridgehead atoms. The molecule has 1 heterocycles. The second kappa shape index (κ2) is 6.79. The highest BCUT2D eigenvalue weighted by atomic mass is 35.5. The van der Waals surface area contributed by atoms with E-state index in [0.717, 1.165) is 28.0 Å². The molecule has 0 N–H and O–H groups in total. The van der Waals surface area contributed by atoms with Crippen molar-refractivity contribution in [1.29, 1.82) is 0 Å². The second-order valence-corrected chi connectivity index (χ2v) is 6.50. The van der Waals surface area contributed by atoms with Crippen molar-refractivity contribution in [3.05, 3.63) is 88.4 Å². The van der Waals surface area contributed by atoms with Crippen molar-refractivity contribution in [2.75, 3.05) is 0 Å². The predicted molar refractivity (Wildman–Crippen MR) is 102 cm³/mol. The van der Waals surface area contributed by atoms with E-state index in [0.29, 0.717) is 16.7 Å². The van der Waals surface area contributed by atoms with Crippen LogP contribution in [-0.2, 0) is 6.61 Å². The lowest BCUT2D eigenvalue weighted by Gasteiger charge is -2.11. The quantitative estimate of drug-likeness (QED) is 0.466. The first kappa shape index (κ1) is 16.0. The van der Waals surface area contributed by atoms with Crippen LogP contribution in [0.5, 0.6) is 0 Å². The summed E-state index contributed by atoms with van der Waals surface area (Å²) in [5.41, 5.74) is 3.71. The average Bonchev–Trinajstić information content (AvgIpc) is 2.99. The fraction of sp³-hybridized carbons (Fsp3) is 0.0500. The maximum absolute atomic E-state index is 6.08. The fourth-order valence-corrected chi connectivity index (χ4v) is 3.02. The molecule has 0 spiro atoms. The number of rotatable bonds is 4. The van der Waals surface area contributed by atoms with E-state index in [4.69, 9.17) is 33.0 Å². The predicted octanol–water partition coefficient (Wildman–Crippen LogP) is 5.64. The minimum absolute atomic E-state index is 0.390. The van der Waals surface area contributed by atoms with Gasteiger partial charge in [0.2, 0.25) is 0 Å². The normalized spacial score (nSPS) is 11.0. The molecule has 3 nitrogen and oxygen atoms in total. The van der Waals surface area contributed by atoms with E-state index < -0.39 is 0 Å². The summed E-state index contributed by atoms with van der Waals surface area (Å²) in [5.74, 6) is 0.736. The minimum Gasteiger partial charge on any atom is -0.407 e. The zero-order valence-electron chi connectivity index (χ0n) is 13.2. The molecule has 1 aromatic heterocycles. The van der Waals surface area contributed by atoms with Crippen molar-refractivity contribution in [2.24, 2.45) is 0 Å². The Kier molecular flexibility index (Phi) is 4.35. The van der Waals surface area contributed by atoms with Gasteiger partial charge in [-0.25, -0.2) is 4.98 Å². The van der Waals surface area contributed by atoms with E-state index >= 15 is 0 Å². The van der Waals surface area contributed by atoms with Crippen LogP contribution in [0.1, 0.15) is 5.56 Å². The van der Waals surface area contributed by atoms with Gasteiger partial charge in [0, 0.05) is 15.6 Å². The molecule has 0 aliphatic rings. The van der Waals surface area contributed by atoms with Crippen LogP contribution < -0.4 is 4.84 Å². The van der Waals surface area contributed by atoms with Gasteiger partial charge in [0.05, 0.1) is 5.52 Å². The first-order chi connectivity index (χ1) is 12.2. The molecule has 4 aromatic rings. The van der Waals surface area contributed by atoms with Crippen LogP contribution in [0.2, 0.25) is 10.0 Å². The van der Waals surface area contributed by atoms with Crippen LogP contribution in [0.3, 0.4) is 0 Å². The number of para-hydroxylation sites is 2. The van der Waals surface area contributed by atoms with Gasteiger partial charge in [-0.05, 0) is 54.1 Å². The van der Waals surface area contributed by atoms with Crippen molar-refractivity contribution < 1.29 is 4.84 Å². The van der Waals surface area contributed by atoms with Gasteiger partial charge in [-0.15, -0.1) is 0 Å². The Morgan fingerprint density at radius 3 is 2.44 bits per heavy atom. The SMILES string of the molecule is Clc1ccc(-c2nc3ccccc3n2OCc2cccc(Cl)c2)cc1. The molecule has 5 heteroatoms. The highest BCUT2D eigenvalue weighted by Crippen LogP contribution is 2.25. The van der Waals surface area contributed by atoms with Gasteiger partial charge < -0.3 is 4.84 Å². The third-order valence-electron chi connectivity index (χ3n) is 3.87. The molecule has 0 saturated heterocycles. The molecule has 124 valence electrons. The van der Waals surface area contributed by atoms with Gasteiger partial charge in [-0.1, -0.05) is 47.5 Å². The van der Waals surface area contributed by atoms with E-state index in [1.54, 1.807) is 4.73 Å². The van der Waals surface area contributed by atoms with Crippen LogP contribution in [0.4, 0.5) is 0 Å². The van der Waals surface area contributed by atoms with Gasteiger partial charge in [0.15, 0.2) is 5.82 Å². The molecule has 0 atom stereocenters. The second-order valence-electron chi connectivity index (χ2n) is 5.63. The molecule has 25 heavy (non-hydrogen) atoms. The topological polar surface area (TPSA) is 27.1 Å². The Hall–Kier alpha value is -2.49. The molecule has 0 saturated carbocycles. The van der Waals surface area contributed by atoms with E-state index in [9.17, 15) is 0 Å². The Balaban J connectivity index is 1.75. The molecule has 0 radical (unpaired) electrons. The standard InChI is InChI=1S/C20H14Cl2N2O/c21-16-10-8-15(9-11-16)20-23-18-6-1-2-7-19(18)24(20)25-13-14-4-3-5-17(22)12-14/h1-12H,13H2. The molecule has 0 unspecified atom stereocenters. The summed E-state index contributed by atoms with van der Waals surface area (Å²) in [5, 5.41) is 1.38. The monoisotopic (exact) mass is 368 g/mol. The fourth-order valence-electron chi connectivity index (χ4n) is 2.68. The molecule has 0 aliphatic carbocycles. The number of hydrogen-bond acceptors (Lipinski definition) is 2. The molecule has 0 fully saturated rings. The molecule has 0 aliphatic heterocycles. The summed E-state index contributed by atoms with van der Waals surface area (Å²) in [6.07, 6.45) is 0. The van der Waals surface area contributed by atoms with E-state index in [2.05, 4.69) is 0 Å². The summed E-state index contributed by atoms with van der Waals surface area (Å²) < 4.78 is 1.76. The number of aromatic nitrogens is 2. The lowest BCUT2D eigenvalue weighted by atomic mass is 10.2. The highest BCUT2D eigenvalue weighted by Gasteiger charge is 2.13. The maximum atomic E-state index is 6.08. The van der Waals surface area contributed by atoms with Crippen LogP contribution in [-0.4, -0.2) is 9.71 Å². The number of benzene rings is 3. The number of hydrogen-bond donors (Lipinski definition) is 0. The average molecular weight is 369 g/mol. The maximum Gasteiger partial charge on any atom is 0.176 e.